The van der Waals surface area contributed by atoms with Crippen molar-refractivity contribution in [2.24, 2.45) is 5.92 Å². The van der Waals surface area contributed by atoms with Gasteiger partial charge in [-0.15, -0.1) is 0 Å². The molecule has 0 radical (unpaired) electrons. The summed E-state index contributed by atoms with van der Waals surface area (Å²) >= 11 is 0. The molecule has 1 rings (SSSR count). The van der Waals surface area contributed by atoms with Crippen LogP contribution < -0.4 is 24.2 Å². The number of amides is 1. The Morgan fingerprint density at radius 2 is 2.11 bits per heavy atom. The van der Waals surface area contributed by atoms with Crippen LogP contribution in [0.15, 0.2) is 24.4 Å². The molecule has 0 aromatic carbocycles. The van der Waals surface area contributed by atoms with Gasteiger partial charge in [-0.25, -0.2) is 9.59 Å². The van der Waals surface area contributed by atoms with Crippen molar-refractivity contribution in [3.63, 3.8) is 0 Å². The third kappa shape index (κ3) is 6.27. The third-order valence-corrected chi connectivity index (χ3v) is 2.28. The molecule has 98 valence electrons. The molecule has 0 spiro atoms. The molecule has 0 saturated carbocycles. The minimum atomic E-state index is -1.08. The average Bonchev–Trinajstić information content (AvgIpc) is 2.34. The molecule has 0 saturated heterocycles. The molecule has 1 heterocycles. The molecule has 6 nitrogen and oxygen atoms in total. The van der Waals surface area contributed by atoms with Crippen molar-refractivity contribution >= 4 is 12.1 Å². The first kappa shape index (κ1) is 17.5. The van der Waals surface area contributed by atoms with Crippen LogP contribution >= 0.6 is 0 Å². The Morgan fingerprint density at radius 3 is 2.58 bits per heavy atom. The molecule has 7 heteroatoms. The van der Waals surface area contributed by atoms with Gasteiger partial charge in [0.2, 0.25) is 0 Å². The second kappa shape index (κ2) is 8.57. The van der Waals surface area contributed by atoms with Crippen LogP contribution in [0.1, 0.15) is 19.5 Å². The van der Waals surface area contributed by atoms with E-state index in [4.69, 9.17) is 9.84 Å². The van der Waals surface area contributed by atoms with E-state index in [0.717, 1.165) is 0 Å². The molecule has 2 N–H and O–H groups in total. The summed E-state index contributed by atoms with van der Waals surface area (Å²) in [7, 11) is 0. The molecule has 0 bridgehead atoms. The van der Waals surface area contributed by atoms with E-state index in [0.29, 0.717) is 5.69 Å². The first-order valence-electron chi connectivity index (χ1n) is 5.56. The van der Waals surface area contributed by atoms with Crippen molar-refractivity contribution in [1.82, 2.24) is 10.3 Å². The normalized spacial score (nSPS) is 11.3. The van der Waals surface area contributed by atoms with Gasteiger partial charge >= 0.3 is 30.9 Å². The van der Waals surface area contributed by atoms with Gasteiger partial charge in [-0.1, -0.05) is 19.9 Å². The number of carboxylic acids is 1. The summed E-state index contributed by atoms with van der Waals surface area (Å²) in [6.07, 6.45) is 0.826. The number of aromatic nitrogens is 1. The van der Waals surface area contributed by atoms with E-state index >= 15 is 0 Å². The molecule has 0 aliphatic rings. The maximum absolute atomic E-state index is 11.4. The van der Waals surface area contributed by atoms with Gasteiger partial charge in [0, 0.05) is 6.20 Å². The Balaban J connectivity index is 0.00000324. The quantitative estimate of drug-likeness (QED) is 0.623. The summed E-state index contributed by atoms with van der Waals surface area (Å²) in [5.74, 6) is -1.30. The molecule has 1 unspecified atom stereocenters. The zero-order valence-corrected chi connectivity index (χ0v) is 11.3. The van der Waals surface area contributed by atoms with Crippen LogP contribution in [0.3, 0.4) is 0 Å². The minimum Gasteiger partial charge on any atom is -0.480 e. The predicted octanol–water partition coefficient (Wildman–Crippen LogP) is -1.58. The standard InChI is InChI=1S/C12H16N2O4.Li/c1-8(2)10(11(15)16)14-12(17)18-7-9-5-3-4-6-13-9;/h3-6,8,10H,7H2,1-2H3,(H,14,17)(H,15,16);/q;+1. The summed E-state index contributed by atoms with van der Waals surface area (Å²) in [5, 5.41) is 11.2. The first-order valence-corrected chi connectivity index (χ1v) is 5.56. The van der Waals surface area contributed by atoms with E-state index in [9.17, 15) is 9.59 Å². The molecule has 0 aliphatic carbocycles. The number of carbonyl (C=O) groups excluding carboxylic acids is 1. The van der Waals surface area contributed by atoms with E-state index in [1.165, 1.54) is 0 Å². The molecule has 1 amide bonds. The molecule has 1 aromatic heterocycles. The second-order valence-electron chi connectivity index (χ2n) is 4.10. The van der Waals surface area contributed by atoms with Gasteiger partial charge in [-0.05, 0) is 18.1 Å². The number of alkyl carbamates (subject to hydrolysis) is 1. The summed E-state index contributed by atoms with van der Waals surface area (Å²) in [6, 6.07) is 4.28. The molecular formula is C12H16LiN2O4+. The fourth-order valence-electron chi connectivity index (χ4n) is 1.31. The number of nitrogens with zero attached hydrogens (tertiary/aromatic N) is 1. The number of hydrogen-bond donors (Lipinski definition) is 2. The zero-order valence-electron chi connectivity index (χ0n) is 11.3. The van der Waals surface area contributed by atoms with Gasteiger partial charge in [0.25, 0.3) is 0 Å². The Hall–Kier alpha value is -1.51. The number of nitrogens with one attached hydrogen (secondary N) is 1. The molecule has 0 aliphatic heterocycles. The van der Waals surface area contributed by atoms with Crippen LogP contribution in [0.25, 0.3) is 0 Å². The van der Waals surface area contributed by atoms with Gasteiger partial charge < -0.3 is 15.2 Å². The smallest absolute Gasteiger partial charge is 0.480 e. The topological polar surface area (TPSA) is 88.5 Å². The van der Waals surface area contributed by atoms with Crippen molar-refractivity contribution in [1.29, 1.82) is 0 Å². The third-order valence-electron chi connectivity index (χ3n) is 2.28. The minimum absolute atomic E-state index is 0. The van der Waals surface area contributed by atoms with Crippen molar-refractivity contribution in [2.45, 2.75) is 26.5 Å². The first-order chi connectivity index (χ1) is 8.50. The molecule has 1 aromatic rings. The Labute approximate surface area is 123 Å². The van der Waals surface area contributed by atoms with Crippen LogP contribution in [0, 0.1) is 5.92 Å². The summed E-state index contributed by atoms with van der Waals surface area (Å²) in [5.41, 5.74) is 0.601. The second-order valence-corrected chi connectivity index (χ2v) is 4.10. The van der Waals surface area contributed by atoms with Crippen molar-refractivity contribution in [3.8, 4) is 0 Å². The van der Waals surface area contributed by atoms with E-state index in [1.807, 2.05) is 0 Å². The van der Waals surface area contributed by atoms with E-state index in [1.54, 1.807) is 38.2 Å². The van der Waals surface area contributed by atoms with Gasteiger partial charge in [-0.3, -0.25) is 4.98 Å². The number of ether oxygens (including phenoxy) is 1. The van der Waals surface area contributed by atoms with Crippen LogP contribution in [0.4, 0.5) is 4.79 Å². The van der Waals surface area contributed by atoms with Crippen molar-refractivity contribution < 1.29 is 38.3 Å². The van der Waals surface area contributed by atoms with Crippen molar-refractivity contribution in [3.05, 3.63) is 30.1 Å². The number of rotatable bonds is 5. The van der Waals surface area contributed by atoms with E-state index < -0.39 is 18.1 Å². The Kier molecular flexibility index (Phi) is 7.88. The number of carbonyl (C=O) groups is 2. The number of carboxylic acid groups (broad SMARTS) is 1. The number of aliphatic carboxylic acids is 1. The van der Waals surface area contributed by atoms with Gasteiger partial charge in [0.1, 0.15) is 12.6 Å². The molecule has 19 heavy (non-hydrogen) atoms. The zero-order chi connectivity index (χ0) is 13.5. The monoisotopic (exact) mass is 259 g/mol. The fourth-order valence-corrected chi connectivity index (χ4v) is 1.31. The van der Waals surface area contributed by atoms with E-state index in [-0.39, 0.29) is 31.4 Å². The predicted molar refractivity (Wildman–Crippen MR) is 63.8 cm³/mol. The van der Waals surface area contributed by atoms with Crippen LogP contribution in [0.5, 0.6) is 0 Å². The fraction of sp³-hybridized carbons (Fsp3) is 0.417. The summed E-state index contributed by atoms with van der Waals surface area (Å²) < 4.78 is 4.88. The largest absolute Gasteiger partial charge is 1.00 e. The van der Waals surface area contributed by atoms with Crippen LogP contribution in [-0.2, 0) is 16.1 Å². The summed E-state index contributed by atoms with van der Waals surface area (Å²) in [6.45, 7) is 3.42. The Morgan fingerprint density at radius 1 is 1.42 bits per heavy atom. The molecule has 0 fully saturated rings. The SMILES string of the molecule is CC(C)C(NC(=O)OCc1ccccn1)C(=O)O.[Li+]. The number of hydrogen-bond acceptors (Lipinski definition) is 4. The van der Waals surface area contributed by atoms with Gasteiger partial charge in [0.05, 0.1) is 5.69 Å². The van der Waals surface area contributed by atoms with Gasteiger partial charge in [0.15, 0.2) is 0 Å². The average molecular weight is 259 g/mol. The van der Waals surface area contributed by atoms with Gasteiger partial charge in [-0.2, -0.15) is 0 Å². The maximum atomic E-state index is 11.4. The molecule has 1 atom stereocenters. The Bertz CT molecular complexity index is 411. The maximum Gasteiger partial charge on any atom is 1.00 e. The number of pyridine rings is 1. The van der Waals surface area contributed by atoms with E-state index in [2.05, 4.69) is 10.3 Å². The molecular weight excluding hydrogens is 243 g/mol. The van der Waals surface area contributed by atoms with Crippen LogP contribution in [-0.4, -0.2) is 28.2 Å². The van der Waals surface area contributed by atoms with Crippen LogP contribution in [0.2, 0.25) is 0 Å². The van der Waals surface area contributed by atoms with Crippen molar-refractivity contribution in [2.75, 3.05) is 0 Å². The summed E-state index contributed by atoms with van der Waals surface area (Å²) in [4.78, 5) is 26.3.